The molecular weight excluding hydrogens is 359 g/mol. The molecule has 0 aromatic carbocycles. The molecule has 6 nitrogen and oxygen atoms in total. The number of thiophene rings is 1. The number of ether oxygens (including phenoxy) is 1. The van der Waals surface area contributed by atoms with Gasteiger partial charge in [0, 0.05) is 13.2 Å². The number of alkyl halides is 3. The van der Waals surface area contributed by atoms with Crippen molar-refractivity contribution >= 4 is 27.3 Å². The first kappa shape index (κ1) is 18.2. The average Bonchev–Trinajstić information content (AvgIpc) is 3.08. The molecule has 1 saturated heterocycles. The molecule has 0 saturated carbocycles. The van der Waals surface area contributed by atoms with Gasteiger partial charge in [-0.1, -0.05) is 0 Å². The van der Waals surface area contributed by atoms with E-state index in [-0.39, 0.29) is 23.7 Å². The van der Waals surface area contributed by atoms with Crippen LogP contribution in [0.25, 0.3) is 0 Å². The topological polar surface area (TPSA) is 92.7 Å². The van der Waals surface area contributed by atoms with Crippen LogP contribution in [0, 0.1) is 5.92 Å². The van der Waals surface area contributed by atoms with E-state index >= 15 is 0 Å². The Hall–Kier alpha value is -1.17. The number of sulfonamides is 1. The van der Waals surface area contributed by atoms with E-state index in [1.54, 1.807) is 0 Å². The molecule has 0 amide bonds. The number of halogens is 3. The molecule has 2 N–H and O–H groups in total. The molecule has 1 aliphatic rings. The Kier molecular flexibility index (Phi) is 5.33. The predicted octanol–water partition coefficient (Wildman–Crippen LogP) is 1.93. The zero-order valence-corrected chi connectivity index (χ0v) is 13.3. The van der Waals surface area contributed by atoms with Gasteiger partial charge in [0.25, 0.3) is 10.0 Å². The van der Waals surface area contributed by atoms with E-state index in [2.05, 4.69) is 0 Å². The van der Waals surface area contributed by atoms with Crippen molar-refractivity contribution in [3.8, 4) is 0 Å². The van der Waals surface area contributed by atoms with E-state index in [1.165, 1.54) is 0 Å². The minimum atomic E-state index is -4.65. The molecule has 11 heteroatoms. The molecule has 1 aromatic rings. The summed E-state index contributed by atoms with van der Waals surface area (Å²) in [4.78, 5) is 10.2. The van der Waals surface area contributed by atoms with Crippen molar-refractivity contribution in [1.29, 1.82) is 0 Å². The van der Waals surface area contributed by atoms with Gasteiger partial charge in [0.2, 0.25) is 0 Å². The molecule has 0 spiro atoms. The number of carboxylic acids is 1. The van der Waals surface area contributed by atoms with Gasteiger partial charge in [-0.05, 0) is 30.9 Å². The van der Waals surface area contributed by atoms with Crippen LogP contribution >= 0.6 is 11.3 Å². The smallest absolute Gasteiger partial charge is 0.425 e. The fraction of sp³-hybridized carbons (Fsp3) is 0.583. The van der Waals surface area contributed by atoms with Gasteiger partial charge in [0.05, 0.1) is 0 Å². The second-order valence-electron chi connectivity index (χ2n) is 5.09. The molecule has 130 valence electrons. The van der Waals surface area contributed by atoms with Crippen LogP contribution in [0.4, 0.5) is 13.2 Å². The minimum Gasteiger partial charge on any atom is -0.480 e. The lowest BCUT2D eigenvalue weighted by atomic mass is 10.00. The highest BCUT2D eigenvalue weighted by Gasteiger charge is 2.35. The summed E-state index contributed by atoms with van der Waals surface area (Å²) in [6.07, 6.45) is -4.01. The normalized spacial score (nSPS) is 20.6. The van der Waals surface area contributed by atoms with E-state index in [1.807, 2.05) is 4.72 Å². The Morgan fingerprint density at radius 1 is 1.48 bits per heavy atom. The van der Waals surface area contributed by atoms with Gasteiger partial charge in [-0.3, -0.25) is 4.79 Å². The van der Waals surface area contributed by atoms with Crippen molar-refractivity contribution in [2.75, 3.05) is 13.2 Å². The summed E-state index contributed by atoms with van der Waals surface area (Å²) in [5.41, 5.74) is 0. The highest BCUT2D eigenvalue weighted by atomic mass is 32.2. The number of carbonyl (C=O) groups is 1. The quantitative estimate of drug-likeness (QED) is 0.795. The van der Waals surface area contributed by atoms with Crippen molar-refractivity contribution in [2.24, 2.45) is 5.92 Å². The SMILES string of the molecule is O=C(O)C(CC1CCOC1)NS(=O)(=O)c1ccc(C(F)(F)F)s1. The summed E-state index contributed by atoms with van der Waals surface area (Å²) in [6.45, 7) is 0.812. The molecule has 1 fully saturated rings. The Morgan fingerprint density at radius 2 is 2.17 bits per heavy atom. The maximum Gasteiger partial charge on any atom is 0.425 e. The molecule has 2 rings (SSSR count). The molecule has 2 heterocycles. The third kappa shape index (κ3) is 4.66. The number of hydrogen-bond acceptors (Lipinski definition) is 5. The molecular formula is C12H14F3NO5S2. The second-order valence-corrected chi connectivity index (χ2v) is 8.12. The molecule has 0 aliphatic carbocycles. The van der Waals surface area contributed by atoms with Crippen LogP contribution in [0.3, 0.4) is 0 Å². The maximum atomic E-state index is 12.5. The average molecular weight is 373 g/mol. The van der Waals surface area contributed by atoms with Crippen LogP contribution in [0.1, 0.15) is 17.7 Å². The van der Waals surface area contributed by atoms with E-state index in [0.717, 1.165) is 6.07 Å². The van der Waals surface area contributed by atoms with Gasteiger partial charge >= 0.3 is 12.1 Å². The van der Waals surface area contributed by atoms with Gasteiger partial charge in [0.1, 0.15) is 15.1 Å². The third-order valence-electron chi connectivity index (χ3n) is 3.31. The molecule has 0 bridgehead atoms. The van der Waals surface area contributed by atoms with Crippen molar-refractivity contribution in [2.45, 2.75) is 29.3 Å². The number of nitrogens with one attached hydrogen (secondary N) is 1. The summed E-state index contributed by atoms with van der Waals surface area (Å²) in [6, 6.07) is 0.0517. The summed E-state index contributed by atoms with van der Waals surface area (Å²) in [5.74, 6) is -1.49. The Morgan fingerprint density at radius 3 is 2.65 bits per heavy atom. The van der Waals surface area contributed by atoms with Crippen LogP contribution in [0.5, 0.6) is 0 Å². The highest BCUT2D eigenvalue weighted by molar-refractivity contribution is 7.91. The summed E-state index contributed by atoms with van der Waals surface area (Å²) < 4.78 is 68.3. The first-order valence-electron chi connectivity index (χ1n) is 6.59. The van der Waals surface area contributed by atoms with Crippen molar-refractivity contribution in [3.63, 3.8) is 0 Å². The number of carboxylic acid groups (broad SMARTS) is 1. The van der Waals surface area contributed by atoms with Crippen molar-refractivity contribution in [3.05, 3.63) is 17.0 Å². The zero-order chi connectivity index (χ0) is 17.3. The lowest BCUT2D eigenvalue weighted by Crippen LogP contribution is -2.41. The molecule has 23 heavy (non-hydrogen) atoms. The van der Waals surface area contributed by atoms with Gasteiger partial charge in [-0.15, -0.1) is 11.3 Å². The lowest BCUT2D eigenvalue weighted by Gasteiger charge is -2.17. The standard InChI is InChI=1S/C12H14F3NO5S2/c13-12(14,15)9-1-2-10(22-9)23(19,20)16-8(11(17)18)5-7-3-4-21-6-7/h1-2,7-8,16H,3-6H2,(H,17,18). The fourth-order valence-electron chi connectivity index (χ4n) is 2.16. The number of aliphatic carboxylic acids is 1. The summed E-state index contributed by atoms with van der Waals surface area (Å²) in [5, 5.41) is 9.13. The largest absolute Gasteiger partial charge is 0.480 e. The maximum absolute atomic E-state index is 12.5. The van der Waals surface area contributed by atoms with Crippen molar-refractivity contribution in [1.82, 2.24) is 4.72 Å². The lowest BCUT2D eigenvalue weighted by molar-refractivity contribution is -0.139. The Balaban J connectivity index is 2.14. The highest BCUT2D eigenvalue weighted by Crippen LogP contribution is 2.36. The summed E-state index contributed by atoms with van der Waals surface area (Å²) >= 11 is 0.0501. The monoisotopic (exact) mass is 373 g/mol. The molecule has 2 unspecified atom stereocenters. The third-order valence-corrected chi connectivity index (χ3v) is 6.41. The van der Waals surface area contributed by atoms with Gasteiger partial charge in [-0.25, -0.2) is 8.42 Å². The van der Waals surface area contributed by atoms with E-state index in [4.69, 9.17) is 9.84 Å². The fourth-order valence-corrected chi connectivity index (χ4v) is 4.56. The first-order valence-corrected chi connectivity index (χ1v) is 8.89. The van der Waals surface area contributed by atoms with Crippen LogP contribution in [-0.4, -0.2) is 38.7 Å². The number of hydrogen-bond donors (Lipinski definition) is 2. The second kappa shape index (κ2) is 6.75. The van der Waals surface area contributed by atoms with Crippen LogP contribution in [0.15, 0.2) is 16.3 Å². The van der Waals surface area contributed by atoms with Crippen LogP contribution in [-0.2, 0) is 25.7 Å². The van der Waals surface area contributed by atoms with Crippen molar-refractivity contribution < 1.29 is 36.2 Å². The van der Waals surface area contributed by atoms with E-state index < -0.39 is 37.3 Å². The summed E-state index contributed by atoms with van der Waals surface area (Å²) in [7, 11) is -4.34. The molecule has 1 aromatic heterocycles. The van der Waals surface area contributed by atoms with Gasteiger partial charge in [0.15, 0.2) is 0 Å². The zero-order valence-electron chi connectivity index (χ0n) is 11.7. The number of rotatable bonds is 6. The van der Waals surface area contributed by atoms with E-state index in [9.17, 15) is 26.4 Å². The van der Waals surface area contributed by atoms with Gasteiger partial charge in [-0.2, -0.15) is 17.9 Å². The van der Waals surface area contributed by atoms with Gasteiger partial charge < -0.3 is 9.84 Å². The van der Waals surface area contributed by atoms with E-state index in [0.29, 0.717) is 25.7 Å². The first-order chi connectivity index (χ1) is 10.6. The minimum absolute atomic E-state index is 0.0199. The molecule has 0 radical (unpaired) electrons. The predicted molar refractivity (Wildman–Crippen MR) is 74.6 cm³/mol. The molecule has 2 atom stereocenters. The molecule has 1 aliphatic heterocycles. The van der Waals surface area contributed by atoms with Crippen LogP contribution in [0.2, 0.25) is 0 Å². The Labute approximate surface area is 134 Å². The Bertz CT molecular complexity index is 664. The van der Waals surface area contributed by atoms with Crippen LogP contribution < -0.4 is 4.72 Å².